The zero-order valence-corrected chi connectivity index (χ0v) is 9.40. The molecular weight excluding hydrogens is 186 g/mol. The maximum absolute atomic E-state index is 8.67. The van der Waals surface area contributed by atoms with E-state index in [0.717, 1.165) is 31.7 Å². The third-order valence-corrected chi connectivity index (χ3v) is 2.19. The largest absolute Gasteiger partial charge is 0.357 e. The number of hydrogen-bond acceptors (Lipinski definition) is 3. The van der Waals surface area contributed by atoms with Crippen molar-refractivity contribution in [2.24, 2.45) is 0 Å². The first-order valence-corrected chi connectivity index (χ1v) is 5.43. The summed E-state index contributed by atoms with van der Waals surface area (Å²) in [6.07, 6.45) is 3.86. The minimum atomic E-state index is 0.617. The van der Waals surface area contributed by atoms with Crippen molar-refractivity contribution in [3.63, 3.8) is 0 Å². The van der Waals surface area contributed by atoms with Gasteiger partial charge in [0.25, 0.3) is 0 Å². The Kier molecular flexibility index (Phi) is 4.62. The summed E-state index contributed by atoms with van der Waals surface area (Å²) in [5.74, 6) is 0.970. The number of anilines is 1. The van der Waals surface area contributed by atoms with Crippen molar-refractivity contribution < 1.29 is 0 Å². The Labute approximate surface area is 91.4 Å². The van der Waals surface area contributed by atoms with Gasteiger partial charge in [-0.1, -0.05) is 13.8 Å². The standard InChI is InChI=1S/C12H17N3/c1-3-7-15(8-4-2)12-6-5-11(9-13)10-14-12/h5-6,10H,3-4,7-8H2,1-2H3. The molecule has 0 saturated heterocycles. The number of nitrogens with zero attached hydrogens (tertiary/aromatic N) is 3. The molecule has 0 radical (unpaired) electrons. The second kappa shape index (κ2) is 6.02. The highest BCUT2D eigenvalue weighted by molar-refractivity contribution is 5.41. The third kappa shape index (κ3) is 3.25. The zero-order valence-electron chi connectivity index (χ0n) is 9.40. The lowest BCUT2D eigenvalue weighted by atomic mass is 10.3. The highest BCUT2D eigenvalue weighted by Gasteiger charge is 2.05. The van der Waals surface area contributed by atoms with Crippen molar-refractivity contribution in [1.82, 2.24) is 4.98 Å². The predicted octanol–water partition coefficient (Wildman–Crippen LogP) is 2.58. The van der Waals surface area contributed by atoms with Gasteiger partial charge in [0.1, 0.15) is 11.9 Å². The minimum absolute atomic E-state index is 0.617. The highest BCUT2D eigenvalue weighted by atomic mass is 15.2. The Morgan fingerprint density at radius 2 is 1.93 bits per heavy atom. The van der Waals surface area contributed by atoms with Crippen LogP contribution in [0.5, 0.6) is 0 Å². The molecule has 80 valence electrons. The molecule has 0 saturated carbocycles. The van der Waals surface area contributed by atoms with Gasteiger partial charge in [0.2, 0.25) is 0 Å². The Morgan fingerprint density at radius 3 is 2.33 bits per heavy atom. The number of aromatic nitrogens is 1. The van der Waals surface area contributed by atoms with Crippen LogP contribution in [0.25, 0.3) is 0 Å². The second-order valence-electron chi connectivity index (χ2n) is 3.50. The van der Waals surface area contributed by atoms with Gasteiger partial charge in [0, 0.05) is 19.3 Å². The first-order chi connectivity index (χ1) is 7.31. The van der Waals surface area contributed by atoms with Crippen molar-refractivity contribution >= 4 is 5.82 Å². The molecule has 0 unspecified atom stereocenters. The third-order valence-electron chi connectivity index (χ3n) is 2.19. The average Bonchev–Trinajstić information content (AvgIpc) is 2.29. The lowest BCUT2D eigenvalue weighted by molar-refractivity contribution is 0.734. The first-order valence-electron chi connectivity index (χ1n) is 5.43. The van der Waals surface area contributed by atoms with Crippen LogP contribution in [0.3, 0.4) is 0 Å². The summed E-state index contributed by atoms with van der Waals surface area (Å²) in [5.41, 5.74) is 0.617. The molecule has 3 heteroatoms. The van der Waals surface area contributed by atoms with Gasteiger partial charge in [0.05, 0.1) is 5.56 Å². The molecule has 1 aromatic heterocycles. The number of pyridine rings is 1. The van der Waals surface area contributed by atoms with Gasteiger partial charge in [-0.15, -0.1) is 0 Å². The van der Waals surface area contributed by atoms with Crippen LogP contribution in [-0.2, 0) is 0 Å². The molecule has 0 bridgehead atoms. The van der Waals surface area contributed by atoms with Crippen molar-refractivity contribution in [3.05, 3.63) is 23.9 Å². The molecule has 1 rings (SSSR count). The number of hydrogen-bond donors (Lipinski definition) is 0. The van der Waals surface area contributed by atoms with Crippen molar-refractivity contribution in [2.45, 2.75) is 26.7 Å². The normalized spacial score (nSPS) is 9.67. The summed E-state index contributed by atoms with van der Waals surface area (Å²) in [6, 6.07) is 5.82. The Bertz CT molecular complexity index is 318. The van der Waals surface area contributed by atoms with Gasteiger partial charge in [-0.3, -0.25) is 0 Å². The molecule has 0 aliphatic heterocycles. The molecule has 1 heterocycles. The van der Waals surface area contributed by atoms with Gasteiger partial charge >= 0.3 is 0 Å². The molecule has 0 spiro atoms. The summed E-state index contributed by atoms with van der Waals surface area (Å²) in [5, 5.41) is 8.67. The summed E-state index contributed by atoms with van der Waals surface area (Å²) in [6.45, 7) is 6.36. The summed E-state index contributed by atoms with van der Waals surface area (Å²) in [7, 11) is 0. The monoisotopic (exact) mass is 203 g/mol. The summed E-state index contributed by atoms with van der Waals surface area (Å²) in [4.78, 5) is 6.54. The first kappa shape index (κ1) is 11.5. The summed E-state index contributed by atoms with van der Waals surface area (Å²) >= 11 is 0. The van der Waals surface area contributed by atoms with Crippen LogP contribution in [0.2, 0.25) is 0 Å². The van der Waals surface area contributed by atoms with Gasteiger partial charge in [-0.2, -0.15) is 5.26 Å². The zero-order chi connectivity index (χ0) is 11.1. The van der Waals surface area contributed by atoms with Crippen LogP contribution in [0.1, 0.15) is 32.3 Å². The topological polar surface area (TPSA) is 39.9 Å². The Balaban J connectivity index is 2.77. The van der Waals surface area contributed by atoms with E-state index in [1.54, 1.807) is 6.20 Å². The fourth-order valence-corrected chi connectivity index (χ4v) is 1.52. The van der Waals surface area contributed by atoms with E-state index in [9.17, 15) is 0 Å². The van der Waals surface area contributed by atoms with Gasteiger partial charge < -0.3 is 4.90 Å². The maximum atomic E-state index is 8.67. The van der Waals surface area contributed by atoms with Crippen LogP contribution in [0.15, 0.2) is 18.3 Å². The second-order valence-corrected chi connectivity index (χ2v) is 3.50. The minimum Gasteiger partial charge on any atom is -0.357 e. The van der Waals surface area contributed by atoms with Crippen LogP contribution in [-0.4, -0.2) is 18.1 Å². The van der Waals surface area contributed by atoms with Gasteiger partial charge in [0.15, 0.2) is 0 Å². The molecule has 0 N–H and O–H groups in total. The van der Waals surface area contributed by atoms with Gasteiger partial charge in [-0.05, 0) is 25.0 Å². The molecular formula is C12H17N3. The number of nitriles is 1. The Hall–Kier alpha value is -1.56. The maximum Gasteiger partial charge on any atom is 0.128 e. The van der Waals surface area contributed by atoms with E-state index in [1.165, 1.54) is 0 Å². The van der Waals surface area contributed by atoms with Crippen molar-refractivity contribution in [3.8, 4) is 6.07 Å². The molecule has 1 aromatic rings. The SMILES string of the molecule is CCCN(CCC)c1ccc(C#N)cn1. The van der Waals surface area contributed by atoms with E-state index in [-0.39, 0.29) is 0 Å². The van der Waals surface area contributed by atoms with E-state index in [2.05, 4.69) is 29.8 Å². The van der Waals surface area contributed by atoms with Crippen LogP contribution in [0, 0.1) is 11.3 Å². The van der Waals surface area contributed by atoms with Crippen molar-refractivity contribution in [1.29, 1.82) is 5.26 Å². The van der Waals surface area contributed by atoms with Crippen LogP contribution in [0.4, 0.5) is 5.82 Å². The summed E-state index contributed by atoms with van der Waals surface area (Å²) < 4.78 is 0. The van der Waals surface area contributed by atoms with Gasteiger partial charge in [-0.25, -0.2) is 4.98 Å². The molecule has 0 aliphatic rings. The fraction of sp³-hybridized carbons (Fsp3) is 0.500. The predicted molar refractivity (Wildman–Crippen MR) is 61.7 cm³/mol. The quantitative estimate of drug-likeness (QED) is 0.738. The molecule has 0 amide bonds. The molecule has 3 nitrogen and oxygen atoms in total. The molecule has 0 aromatic carbocycles. The molecule has 0 aliphatic carbocycles. The lowest BCUT2D eigenvalue weighted by Gasteiger charge is -2.22. The van der Waals surface area contributed by atoms with Crippen molar-refractivity contribution in [2.75, 3.05) is 18.0 Å². The average molecular weight is 203 g/mol. The fourth-order valence-electron chi connectivity index (χ4n) is 1.52. The molecule has 0 fully saturated rings. The van der Waals surface area contributed by atoms with E-state index in [4.69, 9.17) is 5.26 Å². The Morgan fingerprint density at radius 1 is 1.27 bits per heavy atom. The number of rotatable bonds is 5. The van der Waals surface area contributed by atoms with E-state index >= 15 is 0 Å². The highest BCUT2D eigenvalue weighted by Crippen LogP contribution is 2.11. The van der Waals surface area contributed by atoms with E-state index in [0.29, 0.717) is 5.56 Å². The van der Waals surface area contributed by atoms with E-state index in [1.807, 2.05) is 12.1 Å². The smallest absolute Gasteiger partial charge is 0.128 e. The van der Waals surface area contributed by atoms with Crippen LogP contribution >= 0.6 is 0 Å². The molecule has 15 heavy (non-hydrogen) atoms. The lowest BCUT2D eigenvalue weighted by Crippen LogP contribution is -2.25. The van der Waals surface area contributed by atoms with Crippen LogP contribution < -0.4 is 4.90 Å². The molecule has 0 atom stereocenters. The van der Waals surface area contributed by atoms with E-state index < -0.39 is 0 Å².